The first kappa shape index (κ1) is 18.7. The van der Waals surface area contributed by atoms with Gasteiger partial charge < -0.3 is 20.5 Å². The standard InChI is InChI=1S/C17H20N2O3S.ClH/c1-22-14-4-2-11(3-5-14)12-6-15(23-10-12)9-19-17(21)16-7-13(20)8-18-16;/h2-6,10,13,16,18,20H,7-9H2,1H3,(H,19,21);1H. The third kappa shape index (κ3) is 4.48. The Morgan fingerprint density at radius 2 is 2.12 bits per heavy atom. The van der Waals surface area contributed by atoms with Gasteiger partial charge in [0.25, 0.3) is 0 Å². The average molecular weight is 369 g/mol. The van der Waals surface area contributed by atoms with Gasteiger partial charge in [0.2, 0.25) is 5.91 Å². The van der Waals surface area contributed by atoms with Crippen LogP contribution in [-0.2, 0) is 11.3 Å². The van der Waals surface area contributed by atoms with E-state index in [9.17, 15) is 9.90 Å². The number of hydrogen-bond donors (Lipinski definition) is 3. The number of ether oxygens (including phenoxy) is 1. The largest absolute Gasteiger partial charge is 0.497 e. The van der Waals surface area contributed by atoms with Crippen LogP contribution >= 0.6 is 23.7 Å². The quantitative estimate of drug-likeness (QED) is 0.756. The van der Waals surface area contributed by atoms with Crippen LogP contribution in [0.5, 0.6) is 5.75 Å². The molecule has 130 valence electrons. The van der Waals surface area contributed by atoms with Gasteiger partial charge >= 0.3 is 0 Å². The summed E-state index contributed by atoms with van der Waals surface area (Å²) in [4.78, 5) is 13.1. The van der Waals surface area contributed by atoms with Crippen LogP contribution in [0.1, 0.15) is 11.3 Å². The smallest absolute Gasteiger partial charge is 0.237 e. The van der Waals surface area contributed by atoms with E-state index in [4.69, 9.17) is 4.74 Å². The van der Waals surface area contributed by atoms with Gasteiger partial charge in [0, 0.05) is 11.4 Å². The number of nitrogens with one attached hydrogen (secondary N) is 2. The summed E-state index contributed by atoms with van der Waals surface area (Å²) in [6.07, 6.45) is 0.0575. The summed E-state index contributed by atoms with van der Waals surface area (Å²) >= 11 is 1.62. The van der Waals surface area contributed by atoms with Crippen molar-refractivity contribution in [2.45, 2.75) is 25.1 Å². The number of aliphatic hydroxyl groups is 1. The molecule has 5 nitrogen and oxygen atoms in total. The Morgan fingerprint density at radius 1 is 1.38 bits per heavy atom. The number of carbonyl (C=O) groups excluding carboxylic acids is 1. The van der Waals surface area contributed by atoms with Gasteiger partial charge in [0.15, 0.2) is 0 Å². The molecule has 3 N–H and O–H groups in total. The van der Waals surface area contributed by atoms with E-state index in [1.54, 1.807) is 18.4 Å². The molecule has 2 atom stereocenters. The molecule has 1 saturated heterocycles. The lowest BCUT2D eigenvalue weighted by molar-refractivity contribution is -0.123. The van der Waals surface area contributed by atoms with E-state index in [0.29, 0.717) is 19.5 Å². The van der Waals surface area contributed by atoms with Crippen molar-refractivity contribution < 1.29 is 14.6 Å². The highest BCUT2D eigenvalue weighted by molar-refractivity contribution is 7.10. The number of amides is 1. The third-order valence-electron chi connectivity index (χ3n) is 3.94. The summed E-state index contributed by atoms with van der Waals surface area (Å²) in [5.41, 5.74) is 2.26. The second-order valence-electron chi connectivity index (χ2n) is 5.60. The number of methoxy groups -OCH3 is 1. The first-order valence-electron chi connectivity index (χ1n) is 7.56. The fraction of sp³-hybridized carbons (Fsp3) is 0.353. The number of thiophene rings is 1. The highest BCUT2D eigenvalue weighted by atomic mass is 35.5. The number of carbonyl (C=O) groups is 1. The van der Waals surface area contributed by atoms with E-state index < -0.39 is 6.10 Å². The normalized spacial score (nSPS) is 19.6. The maximum absolute atomic E-state index is 12.0. The van der Waals surface area contributed by atoms with E-state index in [0.717, 1.165) is 21.8 Å². The first-order chi connectivity index (χ1) is 11.2. The maximum atomic E-state index is 12.0. The van der Waals surface area contributed by atoms with Crippen LogP contribution in [-0.4, -0.2) is 36.8 Å². The molecule has 1 fully saturated rings. The van der Waals surface area contributed by atoms with Gasteiger partial charge in [-0.15, -0.1) is 23.7 Å². The zero-order valence-electron chi connectivity index (χ0n) is 13.3. The Balaban J connectivity index is 0.00000208. The molecular weight excluding hydrogens is 348 g/mol. The number of β-amino-alcohol motifs (C(OH)–C–C–N with tert-alkyl or cyclic N) is 1. The SMILES string of the molecule is COc1ccc(-c2csc(CNC(=O)C3CC(O)CN3)c2)cc1.Cl. The van der Waals surface area contributed by atoms with Crippen LogP contribution in [0.3, 0.4) is 0 Å². The van der Waals surface area contributed by atoms with E-state index in [1.807, 2.05) is 24.3 Å². The molecule has 0 aliphatic carbocycles. The molecule has 2 heterocycles. The van der Waals surface area contributed by atoms with Gasteiger partial charge in [0.05, 0.1) is 25.8 Å². The molecule has 7 heteroatoms. The molecule has 0 saturated carbocycles. The Morgan fingerprint density at radius 3 is 2.75 bits per heavy atom. The zero-order chi connectivity index (χ0) is 16.2. The highest BCUT2D eigenvalue weighted by Gasteiger charge is 2.27. The van der Waals surface area contributed by atoms with Crippen LogP contribution in [0.25, 0.3) is 11.1 Å². The third-order valence-corrected chi connectivity index (χ3v) is 4.87. The van der Waals surface area contributed by atoms with Gasteiger partial charge in [-0.1, -0.05) is 12.1 Å². The molecule has 1 aromatic carbocycles. The van der Waals surface area contributed by atoms with Crippen LogP contribution in [0.4, 0.5) is 0 Å². The molecule has 2 aromatic rings. The summed E-state index contributed by atoms with van der Waals surface area (Å²) < 4.78 is 5.16. The average Bonchev–Trinajstić information content (AvgIpc) is 3.22. The molecule has 3 rings (SSSR count). The second kappa shape index (κ2) is 8.48. The van der Waals surface area contributed by atoms with E-state index in [2.05, 4.69) is 22.1 Å². The van der Waals surface area contributed by atoms with Crippen molar-refractivity contribution in [1.29, 1.82) is 0 Å². The fourth-order valence-corrected chi connectivity index (χ4v) is 3.46. The number of hydrogen-bond acceptors (Lipinski definition) is 5. The van der Waals surface area contributed by atoms with Crippen LogP contribution in [0.2, 0.25) is 0 Å². The molecule has 2 unspecified atom stereocenters. The van der Waals surface area contributed by atoms with Crippen molar-refractivity contribution in [1.82, 2.24) is 10.6 Å². The molecule has 0 spiro atoms. The van der Waals surface area contributed by atoms with Crippen molar-refractivity contribution in [2.75, 3.05) is 13.7 Å². The van der Waals surface area contributed by atoms with Gasteiger partial charge in [-0.05, 0) is 41.1 Å². The number of aliphatic hydroxyl groups excluding tert-OH is 1. The minimum absolute atomic E-state index is 0. The van der Waals surface area contributed by atoms with Crippen molar-refractivity contribution in [3.05, 3.63) is 40.6 Å². The van der Waals surface area contributed by atoms with Crippen LogP contribution in [0.15, 0.2) is 35.7 Å². The summed E-state index contributed by atoms with van der Waals surface area (Å²) in [7, 11) is 1.65. The van der Waals surface area contributed by atoms with E-state index >= 15 is 0 Å². The molecule has 24 heavy (non-hydrogen) atoms. The predicted octanol–water partition coefficient (Wildman–Crippen LogP) is 2.18. The van der Waals surface area contributed by atoms with Gasteiger partial charge in [0.1, 0.15) is 5.75 Å². The summed E-state index contributed by atoms with van der Waals surface area (Å²) in [5.74, 6) is 0.781. The maximum Gasteiger partial charge on any atom is 0.237 e. The lowest BCUT2D eigenvalue weighted by Crippen LogP contribution is -2.39. The van der Waals surface area contributed by atoms with Gasteiger partial charge in [-0.2, -0.15) is 0 Å². The molecular formula is C17H21ClN2O3S. The topological polar surface area (TPSA) is 70.6 Å². The Bertz CT molecular complexity index is 675. The molecule has 1 aromatic heterocycles. The second-order valence-corrected chi connectivity index (χ2v) is 6.59. The molecule has 0 radical (unpaired) electrons. The summed E-state index contributed by atoms with van der Waals surface area (Å²) in [5, 5.41) is 17.5. The minimum atomic E-state index is -0.422. The molecule has 1 aliphatic heterocycles. The molecule has 0 bridgehead atoms. The van der Waals surface area contributed by atoms with Crippen molar-refractivity contribution in [3.63, 3.8) is 0 Å². The Hall–Kier alpha value is -1.60. The van der Waals surface area contributed by atoms with Crippen molar-refractivity contribution in [2.24, 2.45) is 0 Å². The Labute approximate surface area is 151 Å². The van der Waals surface area contributed by atoms with E-state index in [1.165, 1.54) is 0 Å². The summed E-state index contributed by atoms with van der Waals surface area (Å²) in [6, 6.07) is 9.71. The monoisotopic (exact) mass is 368 g/mol. The van der Waals surface area contributed by atoms with Crippen LogP contribution < -0.4 is 15.4 Å². The van der Waals surface area contributed by atoms with Crippen molar-refractivity contribution >= 4 is 29.7 Å². The summed E-state index contributed by atoms with van der Waals surface area (Å²) in [6.45, 7) is 0.993. The van der Waals surface area contributed by atoms with Gasteiger partial charge in [-0.3, -0.25) is 4.79 Å². The number of rotatable bonds is 5. The van der Waals surface area contributed by atoms with Gasteiger partial charge in [-0.25, -0.2) is 0 Å². The van der Waals surface area contributed by atoms with Crippen LogP contribution in [0, 0.1) is 0 Å². The molecule has 1 aliphatic rings. The molecule has 1 amide bonds. The lowest BCUT2D eigenvalue weighted by atomic mass is 10.1. The zero-order valence-corrected chi connectivity index (χ0v) is 15.0. The minimum Gasteiger partial charge on any atom is -0.497 e. The predicted molar refractivity (Wildman–Crippen MR) is 97.8 cm³/mol. The highest BCUT2D eigenvalue weighted by Crippen LogP contribution is 2.27. The number of benzene rings is 1. The number of halogens is 1. The fourth-order valence-electron chi connectivity index (χ4n) is 2.62. The van der Waals surface area contributed by atoms with Crippen molar-refractivity contribution in [3.8, 4) is 16.9 Å². The Kier molecular flexibility index (Phi) is 6.62. The lowest BCUT2D eigenvalue weighted by Gasteiger charge is -2.09. The first-order valence-corrected chi connectivity index (χ1v) is 8.44. The van der Waals surface area contributed by atoms with E-state index in [-0.39, 0.29) is 24.4 Å².